The first-order valence-electron chi connectivity index (χ1n) is 7.63. The molecule has 27 heavy (non-hydrogen) atoms. The highest BCUT2D eigenvalue weighted by Gasteiger charge is 2.36. The number of carbonyl (C=O) groups excluding carboxylic acids is 4. The lowest BCUT2D eigenvalue weighted by atomic mass is 10.1. The number of carboxylic acids is 1. The molecule has 1 saturated heterocycles. The fraction of sp³-hybridized carbons (Fsp3) is 0.111. The van der Waals surface area contributed by atoms with Gasteiger partial charge in [-0.1, -0.05) is 24.3 Å². The molecule has 0 N–H and O–H groups in total. The normalized spacial score (nSPS) is 15.4. The van der Waals surface area contributed by atoms with Crippen LogP contribution in [0.15, 0.2) is 45.7 Å². The third kappa shape index (κ3) is 3.93. The van der Waals surface area contributed by atoms with E-state index < -0.39 is 29.6 Å². The average molecular weight is 386 g/mol. The molecule has 138 valence electrons. The summed E-state index contributed by atoms with van der Waals surface area (Å²) in [4.78, 5) is 47.1. The van der Waals surface area contributed by atoms with Crippen LogP contribution in [-0.2, 0) is 14.3 Å². The van der Waals surface area contributed by atoms with Gasteiger partial charge in [0, 0.05) is 11.6 Å². The van der Waals surface area contributed by atoms with Gasteiger partial charge in [0.25, 0.3) is 11.1 Å². The van der Waals surface area contributed by atoms with Crippen molar-refractivity contribution in [3.05, 3.63) is 52.6 Å². The Kier molecular flexibility index (Phi) is 5.13. The zero-order valence-electron chi connectivity index (χ0n) is 14.0. The number of hydrogen-bond donors (Lipinski definition) is 0. The van der Waals surface area contributed by atoms with Crippen LogP contribution in [0, 0.1) is 0 Å². The number of nitrogens with zero attached hydrogens (tertiary/aromatic N) is 1. The zero-order chi connectivity index (χ0) is 19.6. The molecule has 8 nitrogen and oxygen atoms in total. The molecule has 1 aliphatic rings. The molecule has 3 rings (SSSR count). The molecule has 2 amide bonds. The van der Waals surface area contributed by atoms with Crippen LogP contribution in [0.2, 0.25) is 0 Å². The third-order valence-corrected chi connectivity index (χ3v) is 4.60. The van der Waals surface area contributed by atoms with Gasteiger partial charge in [0.15, 0.2) is 0 Å². The molecule has 1 aliphatic heterocycles. The van der Waals surface area contributed by atoms with Crippen LogP contribution in [0.5, 0.6) is 0 Å². The Bertz CT molecular complexity index is 958. The topological polar surface area (TPSA) is 117 Å². The standard InChI is InChI=1S/C18H13NO7S/c1-25-15(20)9-19-16(21)14(27-18(19)24)8-12-6-7-13(26-12)10-2-4-11(5-3-10)17(22)23/h2-8H,9H2,1H3,(H,22,23)/p-1/b14-8+. The van der Waals surface area contributed by atoms with E-state index >= 15 is 0 Å². The predicted octanol–water partition coefficient (Wildman–Crippen LogP) is 1.52. The van der Waals surface area contributed by atoms with Crippen LogP contribution in [-0.4, -0.2) is 41.6 Å². The maximum Gasteiger partial charge on any atom is 0.325 e. The number of carboxylic acid groups (broad SMARTS) is 1. The van der Waals surface area contributed by atoms with E-state index in [1.54, 1.807) is 24.3 Å². The number of furan rings is 1. The zero-order valence-corrected chi connectivity index (χ0v) is 14.8. The summed E-state index contributed by atoms with van der Waals surface area (Å²) in [7, 11) is 1.17. The lowest BCUT2D eigenvalue weighted by Crippen LogP contribution is -2.34. The second-order valence-electron chi connectivity index (χ2n) is 5.41. The molecule has 1 aromatic carbocycles. The van der Waals surface area contributed by atoms with Gasteiger partial charge in [-0.05, 0) is 29.5 Å². The van der Waals surface area contributed by atoms with Crippen LogP contribution in [0.4, 0.5) is 4.79 Å². The molecule has 1 fully saturated rings. The number of rotatable bonds is 5. The Labute approximate surface area is 157 Å². The van der Waals surface area contributed by atoms with E-state index in [-0.39, 0.29) is 10.5 Å². The lowest BCUT2D eigenvalue weighted by Gasteiger charge is -2.09. The van der Waals surface area contributed by atoms with E-state index in [1.807, 2.05) is 0 Å². The van der Waals surface area contributed by atoms with Gasteiger partial charge in [-0.15, -0.1) is 0 Å². The first kappa shape index (κ1) is 18.5. The van der Waals surface area contributed by atoms with Gasteiger partial charge in [-0.25, -0.2) is 0 Å². The molecule has 0 atom stereocenters. The van der Waals surface area contributed by atoms with Gasteiger partial charge in [0.1, 0.15) is 18.1 Å². The SMILES string of the molecule is COC(=O)CN1C(=O)S/C(=C/c2ccc(-c3ccc(C(=O)[O-])cc3)o2)C1=O. The summed E-state index contributed by atoms with van der Waals surface area (Å²) >= 11 is 0.698. The summed E-state index contributed by atoms with van der Waals surface area (Å²) in [6.45, 7) is -0.452. The van der Waals surface area contributed by atoms with E-state index in [2.05, 4.69) is 4.74 Å². The van der Waals surface area contributed by atoms with Crippen molar-refractivity contribution in [2.75, 3.05) is 13.7 Å². The summed E-state index contributed by atoms with van der Waals surface area (Å²) in [6.07, 6.45) is 1.40. The summed E-state index contributed by atoms with van der Waals surface area (Å²) in [5, 5.41) is 10.2. The predicted molar refractivity (Wildman–Crippen MR) is 93.2 cm³/mol. The van der Waals surface area contributed by atoms with E-state index in [1.165, 1.54) is 25.3 Å². The highest BCUT2D eigenvalue weighted by Crippen LogP contribution is 2.33. The maximum atomic E-state index is 12.3. The average Bonchev–Trinajstić information content (AvgIpc) is 3.22. The largest absolute Gasteiger partial charge is 0.545 e. The molecule has 0 saturated carbocycles. The molecule has 2 aromatic rings. The fourth-order valence-corrected chi connectivity index (χ4v) is 3.13. The molecular weight excluding hydrogens is 374 g/mol. The Morgan fingerprint density at radius 2 is 1.89 bits per heavy atom. The highest BCUT2D eigenvalue weighted by molar-refractivity contribution is 8.18. The molecule has 0 bridgehead atoms. The van der Waals surface area contributed by atoms with Gasteiger partial charge in [0.2, 0.25) is 0 Å². The second kappa shape index (κ2) is 7.50. The maximum absolute atomic E-state index is 12.3. The van der Waals surface area contributed by atoms with Crippen LogP contribution in [0.25, 0.3) is 17.4 Å². The van der Waals surface area contributed by atoms with E-state index in [9.17, 15) is 24.3 Å². The van der Waals surface area contributed by atoms with Crippen LogP contribution in [0.3, 0.4) is 0 Å². The molecule has 0 aliphatic carbocycles. The first-order chi connectivity index (χ1) is 12.9. The molecule has 9 heteroatoms. The number of thioether (sulfide) groups is 1. The monoisotopic (exact) mass is 386 g/mol. The summed E-state index contributed by atoms with van der Waals surface area (Å²) in [6, 6.07) is 9.18. The molecule has 0 radical (unpaired) electrons. The van der Waals surface area contributed by atoms with Gasteiger partial charge < -0.3 is 19.1 Å². The summed E-state index contributed by atoms with van der Waals surface area (Å²) in [5.41, 5.74) is 0.684. The van der Waals surface area contributed by atoms with Crippen molar-refractivity contribution >= 4 is 40.9 Å². The number of aromatic carboxylic acids is 1. The van der Waals surface area contributed by atoms with Crippen molar-refractivity contribution in [1.82, 2.24) is 4.90 Å². The van der Waals surface area contributed by atoms with Gasteiger partial charge in [0.05, 0.1) is 18.0 Å². The molecule has 2 heterocycles. The minimum Gasteiger partial charge on any atom is -0.545 e. The number of amides is 2. The first-order valence-corrected chi connectivity index (χ1v) is 8.44. The Morgan fingerprint density at radius 1 is 1.19 bits per heavy atom. The van der Waals surface area contributed by atoms with E-state index in [4.69, 9.17) is 4.42 Å². The summed E-state index contributed by atoms with van der Waals surface area (Å²) < 4.78 is 10.1. The van der Waals surface area contributed by atoms with Crippen LogP contribution >= 0.6 is 11.8 Å². The van der Waals surface area contributed by atoms with Gasteiger partial charge in [-0.3, -0.25) is 19.3 Å². The lowest BCUT2D eigenvalue weighted by molar-refractivity contribution is -0.255. The van der Waals surface area contributed by atoms with E-state index in [0.29, 0.717) is 28.8 Å². The van der Waals surface area contributed by atoms with Crippen LogP contribution < -0.4 is 5.11 Å². The number of imide groups is 1. The number of ether oxygens (including phenoxy) is 1. The minimum absolute atomic E-state index is 0.0461. The van der Waals surface area contributed by atoms with Crippen LogP contribution in [0.1, 0.15) is 16.1 Å². The number of carbonyl (C=O) groups is 4. The van der Waals surface area contributed by atoms with Gasteiger partial charge >= 0.3 is 5.97 Å². The molecule has 0 unspecified atom stereocenters. The molecule has 1 aromatic heterocycles. The van der Waals surface area contributed by atoms with E-state index in [0.717, 1.165) is 4.90 Å². The Hall–Kier alpha value is -3.33. The van der Waals surface area contributed by atoms with Crippen molar-refractivity contribution in [1.29, 1.82) is 0 Å². The summed E-state index contributed by atoms with van der Waals surface area (Å²) in [5.74, 6) is -1.78. The third-order valence-electron chi connectivity index (χ3n) is 3.69. The Morgan fingerprint density at radius 3 is 2.52 bits per heavy atom. The number of esters is 1. The van der Waals surface area contributed by atoms with Gasteiger partial charge in [-0.2, -0.15) is 0 Å². The van der Waals surface area contributed by atoms with Crippen molar-refractivity contribution < 1.29 is 33.4 Å². The highest BCUT2D eigenvalue weighted by atomic mass is 32.2. The fourth-order valence-electron chi connectivity index (χ4n) is 2.32. The van der Waals surface area contributed by atoms with Crippen molar-refractivity contribution in [2.24, 2.45) is 0 Å². The number of methoxy groups -OCH3 is 1. The van der Waals surface area contributed by atoms with Crippen molar-refractivity contribution in [3.63, 3.8) is 0 Å². The quantitative estimate of drug-likeness (QED) is 0.561. The minimum atomic E-state index is -1.27. The molecule has 0 spiro atoms. The number of benzene rings is 1. The second-order valence-corrected chi connectivity index (χ2v) is 6.40. The molecular formula is C18H12NO7S-. The van der Waals surface area contributed by atoms with Crippen molar-refractivity contribution in [3.8, 4) is 11.3 Å². The smallest absolute Gasteiger partial charge is 0.325 e. The Balaban J connectivity index is 1.78. The number of hydrogen-bond acceptors (Lipinski definition) is 8. The van der Waals surface area contributed by atoms with Crippen molar-refractivity contribution in [2.45, 2.75) is 0 Å².